The van der Waals surface area contributed by atoms with Gasteiger partial charge in [-0.1, -0.05) is 11.3 Å². The number of hydrogen-bond acceptors (Lipinski definition) is 5. The van der Waals surface area contributed by atoms with Crippen molar-refractivity contribution in [3.63, 3.8) is 0 Å². The van der Waals surface area contributed by atoms with Gasteiger partial charge in [0.05, 0.1) is 12.3 Å². The third-order valence-corrected chi connectivity index (χ3v) is 4.97. The lowest BCUT2D eigenvalue weighted by molar-refractivity contribution is 0.101. The standard InChI is InChI=1S/C17H20FN3O2S/c1-2-23-11-14-15(24-17(20-14)21-9-3-4-10-21)16(22)19-13-7-5-12(18)6-8-13/h5-8H,2-4,9-11H2,1H3,(H,19,22). The first-order valence-electron chi connectivity index (χ1n) is 8.06. The molecule has 0 bridgehead atoms. The fraction of sp³-hybridized carbons (Fsp3) is 0.412. The predicted octanol–water partition coefficient (Wildman–Crippen LogP) is 3.67. The minimum absolute atomic E-state index is 0.237. The minimum Gasteiger partial charge on any atom is -0.375 e. The molecule has 0 atom stereocenters. The molecular formula is C17H20FN3O2S. The predicted molar refractivity (Wildman–Crippen MR) is 93.2 cm³/mol. The molecule has 0 unspecified atom stereocenters. The Bertz CT molecular complexity index is 696. The van der Waals surface area contributed by atoms with Gasteiger partial charge in [0.1, 0.15) is 10.7 Å². The first-order chi connectivity index (χ1) is 11.7. The smallest absolute Gasteiger partial charge is 0.267 e. The van der Waals surface area contributed by atoms with E-state index < -0.39 is 0 Å². The molecule has 1 amide bonds. The van der Waals surface area contributed by atoms with E-state index in [1.807, 2.05) is 6.92 Å². The van der Waals surface area contributed by atoms with E-state index in [9.17, 15) is 9.18 Å². The van der Waals surface area contributed by atoms with E-state index >= 15 is 0 Å². The molecule has 1 N–H and O–H groups in total. The van der Waals surface area contributed by atoms with Gasteiger partial charge < -0.3 is 15.0 Å². The van der Waals surface area contributed by atoms with Gasteiger partial charge in [-0.3, -0.25) is 4.79 Å². The number of ether oxygens (including phenoxy) is 1. The molecule has 1 saturated heterocycles. The summed E-state index contributed by atoms with van der Waals surface area (Å²) in [4.78, 5) is 20.0. The van der Waals surface area contributed by atoms with Crippen LogP contribution in [0.5, 0.6) is 0 Å². The van der Waals surface area contributed by atoms with Crippen molar-refractivity contribution in [2.75, 3.05) is 29.9 Å². The Morgan fingerprint density at radius 2 is 2.04 bits per heavy atom. The number of rotatable bonds is 6. The van der Waals surface area contributed by atoms with Gasteiger partial charge in [-0.15, -0.1) is 0 Å². The van der Waals surface area contributed by atoms with Crippen LogP contribution in [0.3, 0.4) is 0 Å². The van der Waals surface area contributed by atoms with E-state index in [2.05, 4.69) is 15.2 Å². The number of nitrogens with zero attached hydrogens (tertiary/aromatic N) is 2. The zero-order chi connectivity index (χ0) is 16.9. The normalized spacial score (nSPS) is 14.2. The number of anilines is 2. The van der Waals surface area contributed by atoms with Crippen LogP contribution in [-0.4, -0.2) is 30.6 Å². The van der Waals surface area contributed by atoms with Crippen LogP contribution >= 0.6 is 11.3 Å². The number of nitrogens with one attached hydrogen (secondary N) is 1. The van der Waals surface area contributed by atoms with E-state index in [1.54, 1.807) is 0 Å². The van der Waals surface area contributed by atoms with Crippen molar-refractivity contribution < 1.29 is 13.9 Å². The molecule has 128 valence electrons. The van der Waals surface area contributed by atoms with E-state index in [1.165, 1.54) is 35.6 Å². The highest BCUT2D eigenvalue weighted by Crippen LogP contribution is 2.30. The third-order valence-electron chi connectivity index (χ3n) is 3.81. The molecular weight excluding hydrogens is 329 g/mol. The Kier molecular flexibility index (Phi) is 5.42. The van der Waals surface area contributed by atoms with Gasteiger partial charge in [0, 0.05) is 25.4 Å². The zero-order valence-corrected chi connectivity index (χ0v) is 14.4. The quantitative estimate of drug-likeness (QED) is 0.864. The highest BCUT2D eigenvalue weighted by molar-refractivity contribution is 7.17. The molecule has 1 aliphatic rings. The van der Waals surface area contributed by atoms with Crippen molar-refractivity contribution in [3.8, 4) is 0 Å². The summed E-state index contributed by atoms with van der Waals surface area (Å²) < 4.78 is 18.4. The molecule has 1 aromatic heterocycles. The maximum atomic E-state index is 13.0. The maximum Gasteiger partial charge on any atom is 0.267 e. The molecule has 1 fully saturated rings. The number of thiazole rings is 1. The second kappa shape index (κ2) is 7.72. The van der Waals surface area contributed by atoms with E-state index in [-0.39, 0.29) is 11.7 Å². The molecule has 3 rings (SSSR count). The SMILES string of the molecule is CCOCc1nc(N2CCCC2)sc1C(=O)Nc1ccc(F)cc1. The average molecular weight is 349 g/mol. The average Bonchev–Trinajstić information content (AvgIpc) is 3.24. The van der Waals surface area contributed by atoms with Crippen LogP contribution in [0.1, 0.15) is 35.1 Å². The molecule has 0 radical (unpaired) electrons. The number of aromatic nitrogens is 1. The summed E-state index contributed by atoms with van der Waals surface area (Å²) in [6.45, 7) is 4.73. The highest BCUT2D eigenvalue weighted by Gasteiger charge is 2.23. The summed E-state index contributed by atoms with van der Waals surface area (Å²) in [5, 5.41) is 3.66. The Labute approximate surface area is 144 Å². The summed E-state index contributed by atoms with van der Waals surface area (Å²) >= 11 is 1.39. The van der Waals surface area contributed by atoms with Crippen LogP contribution < -0.4 is 10.2 Å². The largest absolute Gasteiger partial charge is 0.375 e. The summed E-state index contributed by atoms with van der Waals surface area (Å²) in [6.07, 6.45) is 2.30. The Morgan fingerprint density at radius 3 is 2.71 bits per heavy atom. The van der Waals surface area contributed by atoms with E-state index in [4.69, 9.17) is 4.74 Å². The van der Waals surface area contributed by atoms with Crippen molar-refractivity contribution in [1.29, 1.82) is 0 Å². The molecule has 5 nitrogen and oxygen atoms in total. The van der Waals surface area contributed by atoms with Crippen molar-refractivity contribution in [2.24, 2.45) is 0 Å². The molecule has 1 aromatic carbocycles. The monoisotopic (exact) mass is 349 g/mol. The van der Waals surface area contributed by atoms with Crippen LogP contribution in [-0.2, 0) is 11.3 Å². The molecule has 2 heterocycles. The number of carbonyl (C=O) groups is 1. The van der Waals surface area contributed by atoms with Crippen LogP contribution in [0.2, 0.25) is 0 Å². The fourth-order valence-electron chi connectivity index (χ4n) is 2.58. The Balaban J connectivity index is 1.80. The van der Waals surface area contributed by atoms with Crippen LogP contribution in [0.4, 0.5) is 15.2 Å². The second-order valence-electron chi connectivity index (χ2n) is 5.56. The van der Waals surface area contributed by atoms with Crippen molar-refractivity contribution in [1.82, 2.24) is 4.98 Å². The van der Waals surface area contributed by atoms with Gasteiger partial charge in [-0.25, -0.2) is 9.37 Å². The lowest BCUT2D eigenvalue weighted by Crippen LogP contribution is -2.17. The summed E-state index contributed by atoms with van der Waals surface area (Å²) in [5.74, 6) is -0.571. The van der Waals surface area contributed by atoms with Gasteiger partial charge in [-0.05, 0) is 44.0 Å². The summed E-state index contributed by atoms with van der Waals surface area (Å²) in [6, 6.07) is 5.72. The third kappa shape index (κ3) is 3.91. The number of hydrogen-bond donors (Lipinski definition) is 1. The van der Waals surface area contributed by atoms with Crippen molar-refractivity contribution >= 4 is 28.1 Å². The summed E-state index contributed by atoms with van der Waals surface area (Å²) in [5.41, 5.74) is 1.21. The minimum atomic E-state index is -0.334. The molecule has 0 aliphatic carbocycles. The Hall–Kier alpha value is -1.99. The van der Waals surface area contributed by atoms with Crippen LogP contribution in [0.15, 0.2) is 24.3 Å². The van der Waals surface area contributed by atoms with Gasteiger partial charge in [0.25, 0.3) is 5.91 Å². The van der Waals surface area contributed by atoms with E-state index in [0.29, 0.717) is 29.5 Å². The Morgan fingerprint density at radius 1 is 1.33 bits per heavy atom. The number of carbonyl (C=O) groups excluding carboxylic acids is 1. The van der Waals surface area contributed by atoms with Gasteiger partial charge >= 0.3 is 0 Å². The first-order valence-corrected chi connectivity index (χ1v) is 8.88. The van der Waals surface area contributed by atoms with E-state index in [0.717, 1.165) is 31.1 Å². The molecule has 1 aliphatic heterocycles. The first kappa shape index (κ1) is 16.9. The number of halogens is 1. The lowest BCUT2D eigenvalue weighted by Gasteiger charge is -2.12. The highest BCUT2D eigenvalue weighted by atomic mass is 32.1. The molecule has 2 aromatic rings. The van der Waals surface area contributed by atoms with Gasteiger partial charge in [0.2, 0.25) is 0 Å². The second-order valence-corrected chi connectivity index (χ2v) is 6.54. The number of amides is 1. The molecule has 24 heavy (non-hydrogen) atoms. The van der Waals surface area contributed by atoms with Gasteiger partial charge in [-0.2, -0.15) is 0 Å². The zero-order valence-electron chi connectivity index (χ0n) is 13.5. The van der Waals surface area contributed by atoms with Crippen molar-refractivity contribution in [3.05, 3.63) is 40.7 Å². The molecule has 0 saturated carbocycles. The van der Waals surface area contributed by atoms with Crippen LogP contribution in [0.25, 0.3) is 0 Å². The van der Waals surface area contributed by atoms with Crippen molar-refractivity contribution in [2.45, 2.75) is 26.4 Å². The number of benzene rings is 1. The van der Waals surface area contributed by atoms with Crippen LogP contribution in [0, 0.1) is 5.82 Å². The molecule has 0 spiro atoms. The topological polar surface area (TPSA) is 54.5 Å². The maximum absolute atomic E-state index is 13.0. The lowest BCUT2D eigenvalue weighted by atomic mass is 10.3. The van der Waals surface area contributed by atoms with Gasteiger partial charge in [0.15, 0.2) is 5.13 Å². The molecule has 7 heteroatoms. The summed E-state index contributed by atoms with van der Waals surface area (Å²) in [7, 11) is 0. The fourth-order valence-corrected chi connectivity index (χ4v) is 3.59.